The summed E-state index contributed by atoms with van der Waals surface area (Å²) in [5.74, 6) is 0.478. The van der Waals surface area contributed by atoms with Crippen LogP contribution in [0.5, 0.6) is 0 Å². The molecule has 0 atom stereocenters. The van der Waals surface area contributed by atoms with Crippen molar-refractivity contribution in [1.29, 1.82) is 0 Å². The molecule has 0 aliphatic heterocycles. The van der Waals surface area contributed by atoms with Gasteiger partial charge >= 0.3 is 0 Å². The predicted molar refractivity (Wildman–Crippen MR) is 121 cm³/mol. The molecule has 4 aromatic rings. The van der Waals surface area contributed by atoms with Crippen LogP contribution in [0.25, 0.3) is 11.0 Å². The zero-order chi connectivity index (χ0) is 23.0. The highest BCUT2D eigenvalue weighted by atomic mass is 35.5. The molecule has 0 spiro atoms. The number of halogens is 2. The lowest BCUT2D eigenvalue weighted by Gasteiger charge is -2.18. The van der Waals surface area contributed by atoms with E-state index in [1.165, 1.54) is 10.9 Å². The molecule has 166 valence electrons. The molecule has 3 heterocycles. The maximum atomic E-state index is 12.8. The Hall–Kier alpha value is -3.37. The third-order valence-corrected chi connectivity index (χ3v) is 5.70. The number of benzene rings is 1. The van der Waals surface area contributed by atoms with Crippen molar-refractivity contribution in [3.63, 3.8) is 0 Å². The van der Waals surface area contributed by atoms with Crippen LogP contribution in [-0.2, 0) is 6.54 Å². The quantitative estimate of drug-likeness (QED) is 0.438. The van der Waals surface area contributed by atoms with Crippen LogP contribution in [0.15, 0.2) is 33.7 Å². The van der Waals surface area contributed by atoms with Gasteiger partial charge in [0.05, 0.1) is 28.5 Å². The first kappa shape index (κ1) is 21.8. The summed E-state index contributed by atoms with van der Waals surface area (Å²) in [7, 11) is 1.75. The first-order valence-electron chi connectivity index (χ1n) is 9.62. The van der Waals surface area contributed by atoms with Gasteiger partial charge in [-0.3, -0.25) is 19.3 Å². The van der Waals surface area contributed by atoms with Gasteiger partial charge in [-0.1, -0.05) is 28.4 Å². The van der Waals surface area contributed by atoms with Crippen molar-refractivity contribution >= 4 is 51.8 Å². The van der Waals surface area contributed by atoms with E-state index in [-0.39, 0.29) is 24.6 Å². The van der Waals surface area contributed by atoms with Gasteiger partial charge in [0.2, 0.25) is 5.95 Å². The van der Waals surface area contributed by atoms with E-state index in [0.29, 0.717) is 49.7 Å². The number of aromatic amines is 1. The number of anilines is 2. The molecule has 1 aromatic carbocycles. The average Bonchev–Trinajstić information content (AvgIpc) is 3.32. The Balaban J connectivity index is 1.52. The van der Waals surface area contributed by atoms with Gasteiger partial charge in [-0.2, -0.15) is 5.10 Å². The molecule has 0 bridgehead atoms. The highest BCUT2D eigenvalue weighted by Gasteiger charge is 2.18. The van der Waals surface area contributed by atoms with E-state index in [0.717, 1.165) is 0 Å². The number of amides is 1. The van der Waals surface area contributed by atoms with E-state index in [9.17, 15) is 9.59 Å². The summed E-state index contributed by atoms with van der Waals surface area (Å²) in [6.07, 6.45) is 1.51. The van der Waals surface area contributed by atoms with Gasteiger partial charge in [-0.25, -0.2) is 4.98 Å². The predicted octanol–water partition coefficient (Wildman–Crippen LogP) is 3.23. The third kappa shape index (κ3) is 4.06. The number of H-pyrrole nitrogens is 1. The number of hydrogen-bond donors (Lipinski definition) is 2. The fourth-order valence-corrected chi connectivity index (χ4v) is 3.60. The van der Waals surface area contributed by atoms with Crippen molar-refractivity contribution in [3.05, 3.63) is 61.8 Å². The Kier molecular flexibility index (Phi) is 5.90. The second kappa shape index (κ2) is 8.64. The second-order valence-corrected chi connectivity index (χ2v) is 7.92. The van der Waals surface area contributed by atoms with Crippen molar-refractivity contribution in [1.82, 2.24) is 30.2 Å². The van der Waals surface area contributed by atoms with Crippen molar-refractivity contribution in [3.8, 4) is 0 Å². The van der Waals surface area contributed by atoms with Crippen LogP contribution in [0.2, 0.25) is 10.0 Å². The average molecular weight is 476 g/mol. The van der Waals surface area contributed by atoms with Crippen molar-refractivity contribution in [2.45, 2.75) is 20.4 Å². The van der Waals surface area contributed by atoms with E-state index in [4.69, 9.17) is 27.7 Å². The van der Waals surface area contributed by atoms with Gasteiger partial charge in [0.15, 0.2) is 5.52 Å². The first-order chi connectivity index (χ1) is 15.3. The van der Waals surface area contributed by atoms with E-state index >= 15 is 0 Å². The van der Waals surface area contributed by atoms with Gasteiger partial charge in [0.25, 0.3) is 11.5 Å². The zero-order valence-electron chi connectivity index (χ0n) is 17.4. The Morgan fingerprint density at radius 1 is 1.28 bits per heavy atom. The maximum Gasteiger partial charge on any atom is 0.278 e. The molecule has 12 heteroatoms. The van der Waals surface area contributed by atoms with E-state index in [1.807, 2.05) is 0 Å². The minimum atomic E-state index is -0.355. The Bertz CT molecular complexity index is 1360. The van der Waals surface area contributed by atoms with Crippen molar-refractivity contribution in [2.75, 3.05) is 18.5 Å². The normalized spacial score (nSPS) is 11.2. The summed E-state index contributed by atoms with van der Waals surface area (Å²) in [4.78, 5) is 34.1. The molecule has 2 N–H and O–H groups in total. The molecule has 0 radical (unpaired) electrons. The Labute approximate surface area is 192 Å². The number of carbonyl (C=O) groups is 1. The van der Waals surface area contributed by atoms with Crippen LogP contribution in [0.1, 0.15) is 21.8 Å². The minimum Gasteiger partial charge on any atom is -0.361 e. The van der Waals surface area contributed by atoms with Gasteiger partial charge in [-0.05, 0) is 32.0 Å². The van der Waals surface area contributed by atoms with Crippen LogP contribution >= 0.6 is 23.2 Å². The van der Waals surface area contributed by atoms with Crippen molar-refractivity contribution < 1.29 is 9.32 Å². The topological polar surface area (TPSA) is 122 Å². The minimum absolute atomic E-state index is 0.254. The fraction of sp³-hybridized carbons (Fsp3) is 0.250. The number of nitrogens with one attached hydrogen (secondary N) is 2. The van der Waals surface area contributed by atoms with Crippen LogP contribution in [0.4, 0.5) is 11.6 Å². The van der Waals surface area contributed by atoms with Gasteiger partial charge in [0.1, 0.15) is 16.8 Å². The molecule has 10 nitrogen and oxygen atoms in total. The van der Waals surface area contributed by atoms with Crippen molar-refractivity contribution in [2.24, 2.45) is 0 Å². The summed E-state index contributed by atoms with van der Waals surface area (Å²) >= 11 is 12.1. The lowest BCUT2D eigenvalue weighted by atomic mass is 10.2. The summed E-state index contributed by atoms with van der Waals surface area (Å²) in [5.41, 5.74) is 2.01. The Morgan fingerprint density at radius 2 is 2.06 bits per heavy atom. The fourth-order valence-electron chi connectivity index (χ4n) is 3.31. The number of rotatable bonds is 6. The number of fused-ring (bicyclic) bond motifs is 1. The summed E-state index contributed by atoms with van der Waals surface area (Å²) < 4.78 is 6.51. The molecule has 3 aromatic heterocycles. The standard InChI is InChI=1S/C20H19Cl2N7O3/c1-10-16(11(2)32-27-10)18(30)23-6-7-29-17-15(9-24-29)25-20(26-19(17)31)28(3)12-4-5-13(21)14(22)8-12/h4-5,8-9H,6-7H2,1-3H3,(H,23,30)(H,25,26,31). The zero-order valence-corrected chi connectivity index (χ0v) is 19.0. The molecule has 0 saturated carbocycles. The second-order valence-electron chi connectivity index (χ2n) is 7.10. The van der Waals surface area contributed by atoms with E-state index in [1.54, 1.807) is 44.0 Å². The molecule has 0 saturated heterocycles. The lowest BCUT2D eigenvalue weighted by molar-refractivity contribution is 0.0950. The molecule has 0 aliphatic rings. The third-order valence-electron chi connectivity index (χ3n) is 4.96. The summed E-state index contributed by atoms with van der Waals surface area (Å²) in [6, 6.07) is 5.11. The van der Waals surface area contributed by atoms with Gasteiger partial charge in [-0.15, -0.1) is 0 Å². The maximum absolute atomic E-state index is 12.8. The molecule has 1 amide bonds. The van der Waals surface area contributed by atoms with E-state index in [2.05, 4.69) is 25.5 Å². The largest absolute Gasteiger partial charge is 0.361 e. The molecule has 0 aliphatic carbocycles. The van der Waals surface area contributed by atoms with Gasteiger partial charge in [0, 0.05) is 19.3 Å². The molecule has 4 rings (SSSR count). The van der Waals surface area contributed by atoms with Crippen LogP contribution in [0.3, 0.4) is 0 Å². The number of carbonyl (C=O) groups excluding carboxylic acids is 1. The molecular formula is C20H19Cl2N7O3. The van der Waals surface area contributed by atoms with Gasteiger partial charge < -0.3 is 14.7 Å². The number of nitrogens with zero attached hydrogens (tertiary/aromatic N) is 5. The van der Waals surface area contributed by atoms with Crippen LogP contribution < -0.4 is 15.8 Å². The van der Waals surface area contributed by atoms with E-state index < -0.39 is 0 Å². The highest BCUT2D eigenvalue weighted by Crippen LogP contribution is 2.29. The smallest absolute Gasteiger partial charge is 0.278 e. The molecule has 0 unspecified atom stereocenters. The van der Waals surface area contributed by atoms with Crippen LogP contribution in [-0.4, -0.2) is 44.4 Å². The molecule has 32 heavy (non-hydrogen) atoms. The van der Waals surface area contributed by atoms with Crippen LogP contribution in [0, 0.1) is 13.8 Å². The highest BCUT2D eigenvalue weighted by molar-refractivity contribution is 6.42. The number of aromatic nitrogens is 5. The number of aryl methyl sites for hydroxylation is 2. The summed E-state index contributed by atoms with van der Waals surface area (Å²) in [6.45, 7) is 3.91. The molecule has 0 fully saturated rings. The first-order valence-corrected chi connectivity index (χ1v) is 10.4. The molecular weight excluding hydrogens is 457 g/mol. The SMILES string of the molecule is Cc1noc(C)c1C(=O)NCCn1ncc2nc(N(C)c3ccc(Cl)c(Cl)c3)[nH]c(=O)c21. The number of hydrogen-bond acceptors (Lipinski definition) is 7. The monoisotopic (exact) mass is 475 g/mol. The Morgan fingerprint density at radius 3 is 2.75 bits per heavy atom. The lowest BCUT2D eigenvalue weighted by Crippen LogP contribution is -2.29. The summed E-state index contributed by atoms with van der Waals surface area (Å²) in [5, 5.41) is 11.6.